The zero-order valence-corrected chi connectivity index (χ0v) is 16.3. The molecule has 0 aliphatic rings. The van der Waals surface area contributed by atoms with Crippen molar-refractivity contribution in [1.29, 1.82) is 0 Å². The van der Waals surface area contributed by atoms with E-state index < -0.39 is 0 Å². The van der Waals surface area contributed by atoms with Crippen LogP contribution in [0.25, 0.3) is 0 Å². The number of nitrogens with zero attached hydrogens (tertiary/aromatic N) is 1. The summed E-state index contributed by atoms with van der Waals surface area (Å²) in [6.45, 7) is 6.15. The largest absolute Gasteiger partial charge is 0.331 e. The Balaban J connectivity index is 3.37. The molecule has 0 aromatic rings. The Morgan fingerprint density at radius 2 is 1.22 bits per heavy atom. The van der Waals surface area contributed by atoms with E-state index in [0.29, 0.717) is 0 Å². The van der Waals surface area contributed by atoms with Crippen molar-refractivity contribution in [2.45, 2.75) is 110 Å². The molecule has 0 spiro atoms. The van der Waals surface area contributed by atoms with E-state index in [1.54, 1.807) is 11.9 Å². The summed E-state index contributed by atoms with van der Waals surface area (Å²) >= 11 is 0. The van der Waals surface area contributed by atoms with Gasteiger partial charge in [0.25, 0.3) is 0 Å². The van der Waals surface area contributed by atoms with Gasteiger partial charge in [-0.3, -0.25) is 4.79 Å². The summed E-state index contributed by atoms with van der Waals surface area (Å²) in [6.07, 6.45) is 17.1. The van der Waals surface area contributed by atoms with Gasteiger partial charge in [0.05, 0.1) is 6.17 Å². The van der Waals surface area contributed by atoms with Crippen molar-refractivity contribution in [3.8, 4) is 0 Å². The fraction of sp³-hybridized carbons (Fsp3) is 0.950. The lowest BCUT2D eigenvalue weighted by Gasteiger charge is -2.24. The van der Waals surface area contributed by atoms with E-state index >= 15 is 0 Å². The SMILES string of the molecule is CCCCCCCCCCCCCCC(C)C(=O)N(C)C(C)N. The van der Waals surface area contributed by atoms with Gasteiger partial charge in [-0.1, -0.05) is 90.9 Å². The van der Waals surface area contributed by atoms with Crippen LogP contribution in [0.3, 0.4) is 0 Å². The van der Waals surface area contributed by atoms with Crippen LogP contribution in [0.5, 0.6) is 0 Å². The van der Waals surface area contributed by atoms with Gasteiger partial charge in [0.1, 0.15) is 0 Å². The van der Waals surface area contributed by atoms with Crippen molar-refractivity contribution in [3.05, 3.63) is 0 Å². The van der Waals surface area contributed by atoms with Crippen LogP contribution in [0.1, 0.15) is 104 Å². The van der Waals surface area contributed by atoms with Crippen molar-refractivity contribution in [3.63, 3.8) is 0 Å². The van der Waals surface area contributed by atoms with Crippen molar-refractivity contribution >= 4 is 5.91 Å². The van der Waals surface area contributed by atoms with Gasteiger partial charge < -0.3 is 10.6 Å². The zero-order chi connectivity index (χ0) is 17.5. The van der Waals surface area contributed by atoms with E-state index in [2.05, 4.69) is 6.92 Å². The minimum atomic E-state index is -0.188. The number of hydrogen-bond acceptors (Lipinski definition) is 2. The summed E-state index contributed by atoms with van der Waals surface area (Å²) in [6, 6.07) is 0. The molecule has 0 radical (unpaired) electrons. The zero-order valence-electron chi connectivity index (χ0n) is 16.3. The Hall–Kier alpha value is -0.570. The van der Waals surface area contributed by atoms with Crippen LogP contribution in [0.15, 0.2) is 0 Å². The lowest BCUT2D eigenvalue weighted by atomic mass is 10.00. The molecule has 2 N–H and O–H groups in total. The normalized spacial score (nSPS) is 13.8. The van der Waals surface area contributed by atoms with Crippen LogP contribution in [-0.4, -0.2) is 24.0 Å². The smallest absolute Gasteiger partial charge is 0.226 e. The quantitative estimate of drug-likeness (QED) is 0.320. The van der Waals surface area contributed by atoms with Gasteiger partial charge in [0.15, 0.2) is 0 Å². The highest BCUT2D eigenvalue weighted by Crippen LogP contribution is 2.15. The Bertz CT molecular complexity index is 279. The maximum atomic E-state index is 12.1. The first kappa shape index (κ1) is 22.4. The molecule has 0 fully saturated rings. The molecule has 0 bridgehead atoms. The van der Waals surface area contributed by atoms with Gasteiger partial charge >= 0.3 is 0 Å². The van der Waals surface area contributed by atoms with Crippen molar-refractivity contribution < 1.29 is 4.79 Å². The number of carbonyl (C=O) groups is 1. The van der Waals surface area contributed by atoms with Crippen LogP contribution in [-0.2, 0) is 4.79 Å². The van der Waals surface area contributed by atoms with Crippen LogP contribution in [0.2, 0.25) is 0 Å². The van der Waals surface area contributed by atoms with Crippen molar-refractivity contribution in [2.24, 2.45) is 11.7 Å². The number of hydrogen-bond donors (Lipinski definition) is 1. The molecule has 3 heteroatoms. The molecular formula is C20H42N2O. The molecule has 0 saturated heterocycles. The molecule has 0 aromatic heterocycles. The first-order valence-corrected chi connectivity index (χ1v) is 10.0. The van der Waals surface area contributed by atoms with Gasteiger partial charge in [-0.2, -0.15) is 0 Å². The average Bonchev–Trinajstić information content (AvgIpc) is 2.54. The number of carbonyl (C=O) groups excluding carboxylic acids is 1. The van der Waals surface area contributed by atoms with Gasteiger partial charge in [0, 0.05) is 13.0 Å². The fourth-order valence-electron chi connectivity index (χ4n) is 2.96. The summed E-state index contributed by atoms with van der Waals surface area (Å²) in [5, 5.41) is 0. The number of nitrogens with two attached hydrogens (primary N) is 1. The highest BCUT2D eigenvalue weighted by molar-refractivity contribution is 5.78. The molecule has 2 unspecified atom stereocenters. The number of unbranched alkanes of at least 4 members (excludes halogenated alkanes) is 11. The molecular weight excluding hydrogens is 284 g/mol. The molecule has 0 aliphatic heterocycles. The van der Waals surface area contributed by atoms with Crippen molar-refractivity contribution in [1.82, 2.24) is 4.90 Å². The van der Waals surface area contributed by atoms with Crippen LogP contribution >= 0.6 is 0 Å². The third-order valence-electron chi connectivity index (χ3n) is 4.87. The molecule has 3 nitrogen and oxygen atoms in total. The molecule has 138 valence electrons. The first-order valence-electron chi connectivity index (χ1n) is 10.0. The Labute approximate surface area is 145 Å². The summed E-state index contributed by atoms with van der Waals surface area (Å²) in [4.78, 5) is 13.7. The maximum Gasteiger partial charge on any atom is 0.226 e. The third kappa shape index (κ3) is 12.5. The van der Waals surface area contributed by atoms with E-state index in [9.17, 15) is 4.79 Å². The van der Waals surface area contributed by atoms with Crippen LogP contribution < -0.4 is 5.73 Å². The van der Waals surface area contributed by atoms with E-state index in [0.717, 1.165) is 12.8 Å². The molecule has 0 aromatic carbocycles. The van der Waals surface area contributed by atoms with Gasteiger partial charge in [-0.05, 0) is 13.3 Å². The molecule has 23 heavy (non-hydrogen) atoms. The van der Waals surface area contributed by atoms with Gasteiger partial charge in [-0.25, -0.2) is 0 Å². The Morgan fingerprint density at radius 1 is 0.826 bits per heavy atom. The summed E-state index contributed by atoms with van der Waals surface area (Å²) in [7, 11) is 1.80. The monoisotopic (exact) mass is 326 g/mol. The highest BCUT2D eigenvalue weighted by Gasteiger charge is 2.18. The van der Waals surface area contributed by atoms with Crippen LogP contribution in [0.4, 0.5) is 0 Å². The second kappa shape index (κ2) is 15.0. The van der Waals surface area contributed by atoms with Gasteiger partial charge in [0.2, 0.25) is 5.91 Å². The molecule has 0 heterocycles. The number of rotatable bonds is 15. The molecule has 0 aliphatic carbocycles. The Kier molecular flexibility index (Phi) is 14.6. The van der Waals surface area contributed by atoms with Crippen LogP contribution in [0, 0.1) is 5.92 Å². The lowest BCUT2D eigenvalue weighted by Crippen LogP contribution is -2.43. The predicted molar refractivity (Wildman–Crippen MR) is 101 cm³/mol. The van der Waals surface area contributed by atoms with E-state index in [-0.39, 0.29) is 18.0 Å². The molecule has 0 saturated carbocycles. The minimum Gasteiger partial charge on any atom is -0.331 e. The fourth-order valence-corrected chi connectivity index (χ4v) is 2.96. The van der Waals surface area contributed by atoms with Gasteiger partial charge in [-0.15, -0.1) is 0 Å². The molecule has 2 atom stereocenters. The van der Waals surface area contributed by atoms with E-state index in [4.69, 9.17) is 5.73 Å². The second-order valence-corrected chi connectivity index (χ2v) is 7.27. The molecule has 1 amide bonds. The Morgan fingerprint density at radius 3 is 1.61 bits per heavy atom. The summed E-state index contributed by atoms with van der Waals surface area (Å²) in [5.74, 6) is 0.289. The second-order valence-electron chi connectivity index (χ2n) is 7.27. The average molecular weight is 327 g/mol. The topological polar surface area (TPSA) is 46.3 Å². The third-order valence-corrected chi connectivity index (χ3v) is 4.87. The minimum absolute atomic E-state index is 0.106. The first-order chi connectivity index (χ1) is 11.0. The highest BCUT2D eigenvalue weighted by atomic mass is 16.2. The summed E-state index contributed by atoms with van der Waals surface area (Å²) < 4.78 is 0. The number of amides is 1. The lowest BCUT2D eigenvalue weighted by molar-refractivity contribution is -0.135. The predicted octanol–water partition coefficient (Wildman–Crippen LogP) is 5.48. The standard InChI is InChI=1S/C20H42N2O/c1-5-6-7-8-9-10-11-12-13-14-15-16-17-18(2)20(23)22(4)19(3)21/h18-19H,5-17,21H2,1-4H3. The van der Waals surface area contributed by atoms with Crippen molar-refractivity contribution in [2.75, 3.05) is 7.05 Å². The summed E-state index contributed by atoms with van der Waals surface area (Å²) in [5.41, 5.74) is 5.75. The maximum absolute atomic E-state index is 12.1. The van der Waals surface area contributed by atoms with E-state index in [1.807, 2.05) is 13.8 Å². The molecule has 0 rings (SSSR count). The van der Waals surface area contributed by atoms with E-state index in [1.165, 1.54) is 70.6 Å².